The Hall–Kier alpha value is -1.51. The number of halogens is 1. The molecule has 0 radical (unpaired) electrons. The van der Waals surface area contributed by atoms with Crippen molar-refractivity contribution in [3.63, 3.8) is 0 Å². The minimum Gasteiger partial charge on any atom is -0.606 e. The fourth-order valence-electron chi connectivity index (χ4n) is 3.25. The Balaban J connectivity index is 1.94. The van der Waals surface area contributed by atoms with Crippen LogP contribution in [0.15, 0.2) is 46.2 Å². The molecule has 1 unspecified atom stereocenters. The van der Waals surface area contributed by atoms with Crippen LogP contribution in [0, 0.1) is 18.3 Å². The number of piperidine rings is 1. The quantitative estimate of drug-likeness (QED) is 0.732. The molecule has 0 aliphatic carbocycles. The summed E-state index contributed by atoms with van der Waals surface area (Å²) >= 11 is 4.83. The van der Waals surface area contributed by atoms with Crippen LogP contribution in [-0.2, 0) is 17.7 Å². The average Bonchev–Trinajstić information content (AvgIpc) is 2.61. The average molecular weight is 373 g/mol. The fourth-order valence-corrected chi connectivity index (χ4v) is 4.94. The largest absolute Gasteiger partial charge is 0.606 e. The van der Waals surface area contributed by atoms with Crippen LogP contribution in [0.5, 0.6) is 0 Å². The number of likely N-dealkylation sites (tertiary alicyclic amines) is 1. The number of nitriles is 1. The van der Waals surface area contributed by atoms with E-state index in [1.807, 2.05) is 31.2 Å². The Morgan fingerprint density at radius 1 is 1.16 bits per heavy atom. The molecule has 1 atom stereocenters. The molecule has 0 N–H and O–H groups in total. The lowest BCUT2D eigenvalue weighted by molar-refractivity contribution is 0.219. The first-order valence-electron chi connectivity index (χ1n) is 8.51. The third kappa shape index (κ3) is 4.56. The predicted octanol–water partition coefficient (Wildman–Crippen LogP) is 4.67. The van der Waals surface area contributed by atoms with Crippen LogP contribution in [0.3, 0.4) is 0 Å². The van der Waals surface area contributed by atoms with Gasteiger partial charge < -0.3 is 4.55 Å². The molecule has 0 spiro atoms. The smallest absolute Gasteiger partial charge is 0.163 e. The van der Waals surface area contributed by atoms with Gasteiger partial charge in [0.15, 0.2) is 9.79 Å². The standard InChI is InChI=1S/C20H21ClN2OS/c1-15-9-18(21)12-19(10-15)25(24)20-6-5-16(13-22)11-17(20)14-23-7-3-2-4-8-23/h5-6,9-12H,2-4,7-8,14H2,1H3. The van der Waals surface area contributed by atoms with Gasteiger partial charge in [-0.05, 0) is 68.8 Å². The zero-order valence-corrected chi connectivity index (χ0v) is 15.9. The third-order valence-corrected chi connectivity index (χ3v) is 6.14. The number of rotatable bonds is 4. The van der Waals surface area contributed by atoms with Gasteiger partial charge in [0.1, 0.15) is 0 Å². The summed E-state index contributed by atoms with van der Waals surface area (Å²) in [5.41, 5.74) is 2.56. The van der Waals surface area contributed by atoms with E-state index in [4.69, 9.17) is 11.6 Å². The molecule has 0 bridgehead atoms. The van der Waals surface area contributed by atoms with Crippen molar-refractivity contribution in [1.82, 2.24) is 4.90 Å². The minimum absolute atomic E-state index is 0.592. The molecule has 0 aromatic heterocycles. The summed E-state index contributed by atoms with van der Waals surface area (Å²) < 4.78 is 13.2. The van der Waals surface area contributed by atoms with E-state index in [-0.39, 0.29) is 0 Å². The lowest BCUT2D eigenvalue weighted by Crippen LogP contribution is -2.29. The van der Waals surface area contributed by atoms with Gasteiger partial charge in [-0.15, -0.1) is 0 Å². The third-order valence-electron chi connectivity index (χ3n) is 4.46. The summed E-state index contributed by atoms with van der Waals surface area (Å²) in [4.78, 5) is 3.85. The van der Waals surface area contributed by atoms with E-state index in [0.717, 1.165) is 35.7 Å². The molecule has 0 saturated carbocycles. The highest BCUT2D eigenvalue weighted by atomic mass is 35.5. The van der Waals surface area contributed by atoms with E-state index >= 15 is 0 Å². The van der Waals surface area contributed by atoms with Gasteiger partial charge >= 0.3 is 0 Å². The van der Waals surface area contributed by atoms with E-state index in [0.29, 0.717) is 15.5 Å². The van der Waals surface area contributed by atoms with Crippen molar-refractivity contribution in [2.45, 2.75) is 42.5 Å². The van der Waals surface area contributed by atoms with E-state index in [9.17, 15) is 9.81 Å². The van der Waals surface area contributed by atoms with Crippen LogP contribution in [0.1, 0.15) is 36.0 Å². The molecule has 1 heterocycles. The second kappa shape index (κ2) is 8.25. The summed E-state index contributed by atoms with van der Waals surface area (Å²) in [6, 6.07) is 13.2. The van der Waals surface area contributed by atoms with E-state index in [2.05, 4.69) is 11.0 Å². The molecule has 1 aliphatic heterocycles. The summed E-state index contributed by atoms with van der Waals surface area (Å²) in [6.45, 7) is 4.79. The van der Waals surface area contributed by atoms with Crippen molar-refractivity contribution in [2.75, 3.05) is 13.1 Å². The van der Waals surface area contributed by atoms with E-state index in [1.165, 1.54) is 19.3 Å². The molecular formula is C20H21ClN2OS. The van der Waals surface area contributed by atoms with Crippen molar-refractivity contribution < 1.29 is 4.55 Å². The monoisotopic (exact) mass is 372 g/mol. The van der Waals surface area contributed by atoms with Gasteiger partial charge in [0, 0.05) is 34.4 Å². The first-order valence-corrected chi connectivity index (χ1v) is 10.0. The molecule has 2 aromatic rings. The maximum absolute atomic E-state index is 13.2. The molecule has 1 aliphatic rings. The summed E-state index contributed by atoms with van der Waals surface area (Å²) in [5.74, 6) is 0. The highest BCUT2D eigenvalue weighted by Crippen LogP contribution is 2.29. The molecule has 2 aromatic carbocycles. The van der Waals surface area contributed by atoms with E-state index in [1.54, 1.807) is 12.1 Å². The zero-order chi connectivity index (χ0) is 17.8. The first kappa shape index (κ1) is 18.3. The van der Waals surface area contributed by atoms with Gasteiger partial charge in [0.2, 0.25) is 0 Å². The summed E-state index contributed by atoms with van der Waals surface area (Å²) in [5, 5.41) is 9.82. The van der Waals surface area contributed by atoms with Gasteiger partial charge in [0.05, 0.1) is 11.6 Å². The number of benzene rings is 2. The van der Waals surface area contributed by atoms with Gasteiger partial charge in [0.25, 0.3) is 0 Å². The van der Waals surface area contributed by atoms with Crippen molar-refractivity contribution in [2.24, 2.45) is 0 Å². The molecule has 3 nitrogen and oxygen atoms in total. The molecule has 3 rings (SSSR count). The lowest BCUT2D eigenvalue weighted by atomic mass is 10.1. The maximum Gasteiger partial charge on any atom is 0.163 e. The Kier molecular flexibility index (Phi) is 6.03. The van der Waals surface area contributed by atoms with Crippen molar-refractivity contribution in [1.29, 1.82) is 5.26 Å². The van der Waals surface area contributed by atoms with Crippen molar-refractivity contribution in [3.05, 3.63) is 58.1 Å². The minimum atomic E-state index is -1.31. The Bertz CT molecular complexity index is 777. The Morgan fingerprint density at radius 3 is 2.60 bits per heavy atom. The first-order chi connectivity index (χ1) is 12.1. The van der Waals surface area contributed by atoms with Crippen molar-refractivity contribution >= 4 is 22.8 Å². The molecular weight excluding hydrogens is 352 g/mol. The highest BCUT2D eigenvalue weighted by molar-refractivity contribution is 7.91. The van der Waals surface area contributed by atoms with Crippen LogP contribution in [0.25, 0.3) is 0 Å². The van der Waals surface area contributed by atoms with Crippen LogP contribution < -0.4 is 0 Å². The number of aryl methyl sites for hydroxylation is 1. The van der Waals surface area contributed by atoms with Crippen LogP contribution in [-0.4, -0.2) is 22.5 Å². The normalized spacial score (nSPS) is 16.4. The highest BCUT2D eigenvalue weighted by Gasteiger charge is 2.22. The Labute approximate surface area is 157 Å². The molecule has 25 heavy (non-hydrogen) atoms. The molecule has 5 heteroatoms. The molecule has 1 saturated heterocycles. The van der Waals surface area contributed by atoms with E-state index < -0.39 is 11.2 Å². The fraction of sp³-hybridized carbons (Fsp3) is 0.350. The SMILES string of the molecule is Cc1cc(Cl)cc([S+]([O-])c2ccc(C#N)cc2CN2CCCCC2)c1. The van der Waals surface area contributed by atoms with Gasteiger partial charge in [-0.1, -0.05) is 18.0 Å². The van der Waals surface area contributed by atoms with Crippen LogP contribution >= 0.6 is 11.6 Å². The molecule has 0 amide bonds. The second-order valence-electron chi connectivity index (χ2n) is 6.50. The zero-order valence-electron chi connectivity index (χ0n) is 14.3. The number of hydrogen-bond donors (Lipinski definition) is 0. The summed E-state index contributed by atoms with van der Waals surface area (Å²) in [7, 11) is 0. The number of hydrogen-bond acceptors (Lipinski definition) is 3. The Morgan fingerprint density at radius 2 is 1.92 bits per heavy atom. The predicted molar refractivity (Wildman–Crippen MR) is 101 cm³/mol. The summed E-state index contributed by atoms with van der Waals surface area (Å²) in [6.07, 6.45) is 3.67. The maximum atomic E-state index is 13.2. The topological polar surface area (TPSA) is 50.1 Å². The van der Waals surface area contributed by atoms with Gasteiger partial charge in [-0.3, -0.25) is 4.90 Å². The van der Waals surface area contributed by atoms with Gasteiger partial charge in [-0.2, -0.15) is 5.26 Å². The lowest BCUT2D eigenvalue weighted by Gasteiger charge is -2.27. The second-order valence-corrected chi connectivity index (χ2v) is 8.39. The molecule has 130 valence electrons. The molecule has 1 fully saturated rings. The number of nitrogens with zero attached hydrogens (tertiary/aromatic N) is 2. The van der Waals surface area contributed by atoms with Gasteiger partial charge in [-0.25, -0.2) is 0 Å². The van der Waals surface area contributed by atoms with Crippen LogP contribution in [0.4, 0.5) is 0 Å². The van der Waals surface area contributed by atoms with Crippen molar-refractivity contribution in [3.8, 4) is 6.07 Å². The van der Waals surface area contributed by atoms with Crippen LogP contribution in [0.2, 0.25) is 5.02 Å².